The second kappa shape index (κ2) is 5.34. The molecular weight excluding hydrogens is 318 g/mol. The lowest BCUT2D eigenvalue weighted by atomic mass is 10.1. The first-order valence-corrected chi connectivity index (χ1v) is 7.83. The second-order valence-electron chi connectivity index (χ2n) is 4.23. The molecule has 1 heterocycles. The highest BCUT2D eigenvalue weighted by molar-refractivity contribution is 9.10. The molecule has 0 spiro atoms. The van der Waals surface area contributed by atoms with E-state index in [1.807, 2.05) is 0 Å². The fourth-order valence-electron chi connectivity index (χ4n) is 2.06. The van der Waals surface area contributed by atoms with E-state index in [1.54, 1.807) is 0 Å². The van der Waals surface area contributed by atoms with Crippen molar-refractivity contribution in [2.45, 2.75) is 30.2 Å². The number of nitriles is 1. The minimum Gasteiger partial charge on any atom is -0.262 e. The number of nitrogens with zero attached hydrogens (tertiary/aromatic N) is 2. The van der Waals surface area contributed by atoms with Crippen molar-refractivity contribution in [2.75, 3.05) is 0 Å². The van der Waals surface area contributed by atoms with Crippen molar-refractivity contribution in [1.82, 2.24) is 9.71 Å². The third-order valence-electron chi connectivity index (χ3n) is 2.98. The van der Waals surface area contributed by atoms with Gasteiger partial charge in [0.1, 0.15) is 4.90 Å². The van der Waals surface area contributed by atoms with Gasteiger partial charge in [-0.25, -0.2) is 13.1 Å². The molecule has 1 aromatic rings. The standard InChI is InChI=1S/C11H12BrN3O2S/c12-9-4-10(7-14-6-9)18(16,17)15-11-3-1-2-8(11)5-13/h4,6-8,11,15H,1-3H2. The van der Waals surface area contributed by atoms with Gasteiger partial charge in [-0.3, -0.25) is 4.98 Å². The molecule has 2 unspecified atom stereocenters. The third-order valence-corrected chi connectivity index (χ3v) is 4.87. The zero-order chi connectivity index (χ0) is 13.2. The van der Waals surface area contributed by atoms with E-state index in [9.17, 15) is 8.42 Å². The first-order valence-electron chi connectivity index (χ1n) is 5.55. The van der Waals surface area contributed by atoms with Crippen LogP contribution in [0.4, 0.5) is 0 Å². The summed E-state index contributed by atoms with van der Waals surface area (Å²) in [6.45, 7) is 0. The summed E-state index contributed by atoms with van der Waals surface area (Å²) in [5, 5.41) is 8.94. The second-order valence-corrected chi connectivity index (χ2v) is 6.86. The van der Waals surface area contributed by atoms with Crippen LogP contribution in [-0.2, 0) is 10.0 Å². The number of rotatable bonds is 3. The summed E-state index contributed by atoms with van der Waals surface area (Å²) >= 11 is 3.19. The van der Waals surface area contributed by atoms with Crippen LogP contribution in [-0.4, -0.2) is 19.4 Å². The number of hydrogen-bond donors (Lipinski definition) is 1. The summed E-state index contributed by atoms with van der Waals surface area (Å²) in [4.78, 5) is 3.94. The monoisotopic (exact) mass is 329 g/mol. The van der Waals surface area contributed by atoms with E-state index < -0.39 is 10.0 Å². The molecule has 18 heavy (non-hydrogen) atoms. The molecule has 0 bridgehead atoms. The first kappa shape index (κ1) is 13.5. The van der Waals surface area contributed by atoms with E-state index >= 15 is 0 Å². The largest absolute Gasteiger partial charge is 0.262 e. The molecule has 0 aromatic carbocycles. The Balaban J connectivity index is 2.20. The normalized spacial score (nSPS) is 23.8. The molecule has 2 atom stereocenters. The lowest BCUT2D eigenvalue weighted by molar-refractivity contribution is 0.515. The number of sulfonamides is 1. The molecule has 0 amide bonds. The summed E-state index contributed by atoms with van der Waals surface area (Å²) in [6, 6.07) is 3.35. The average Bonchev–Trinajstić information content (AvgIpc) is 2.75. The Bertz CT molecular complexity index is 582. The Morgan fingerprint density at radius 1 is 1.44 bits per heavy atom. The van der Waals surface area contributed by atoms with Crippen LogP contribution in [0, 0.1) is 17.2 Å². The Kier molecular flexibility index (Phi) is 4.00. The van der Waals surface area contributed by atoms with Crippen LogP contribution < -0.4 is 4.72 Å². The zero-order valence-electron chi connectivity index (χ0n) is 9.51. The average molecular weight is 330 g/mol. The summed E-state index contributed by atoms with van der Waals surface area (Å²) in [6.07, 6.45) is 5.15. The fraction of sp³-hybridized carbons (Fsp3) is 0.455. The van der Waals surface area contributed by atoms with Crippen LogP contribution in [0.15, 0.2) is 27.8 Å². The Hall–Kier alpha value is -0.970. The van der Waals surface area contributed by atoms with Crippen LogP contribution in [0.25, 0.3) is 0 Å². The van der Waals surface area contributed by atoms with Gasteiger partial charge in [0, 0.05) is 22.9 Å². The SMILES string of the molecule is N#CC1CCCC1NS(=O)(=O)c1cncc(Br)c1. The Morgan fingerprint density at radius 3 is 2.89 bits per heavy atom. The molecule has 0 aliphatic heterocycles. The number of aromatic nitrogens is 1. The van der Waals surface area contributed by atoms with E-state index in [0.717, 1.165) is 12.8 Å². The number of nitrogens with one attached hydrogen (secondary N) is 1. The molecule has 0 radical (unpaired) electrons. The summed E-state index contributed by atoms with van der Waals surface area (Å²) in [7, 11) is -3.60. The van der Waals surface area contributed by atoms with Crippen LogP contribution in [0.1, 0.15) is 19.3 Å². The smallest absolute Gasteiger partial charge is 0.242 e. The van der Waals surface area contributed by atoms with Gasteiger partial charge < -0.3 is 0 Å². The van der Waals surface area contributed by atoms with Gasteiger partial charge >= 0.3 is 0 Å². The molecule has 1 aliphatic rings. The number of hydrogen-bond acceptors (Lipinski definition) is 4. The first-order chi connectivity index (χ1) is 8.53. The molecule has 1 aliphatic carbocycles. The van der Waals surface area contributed by atoms with Crippen molar-refractivity contribution in [3.63, 3.8) is 0 Å². The molecule has 1 N–H and O–H groups in total. The molecule has 0 saturated heterocycles. The van der Waals surface area contributed by atoms with E-state index in [2.05, 4.69) is 31.7 Å². The Labute approximate surface area is 114 Å². The van der Waals surface area contributed by atoms with Crippen molar-refractivity contribution < 1.29 is 8.42 Å². The van der Waals surface area contributed by atoms with Gasteiger partial charge in [0.05, 0.1) is 12.0 Å². The molecule has 7 heteroatoms. The molecule has 5 nitrogen and oxygen atoms in total. The minimum atomic E-state index is -3.60. The molecule has 1 saturated carbocycles. The van der Waals surface area contributed by atoms with E-state index in [4.69, 9.17) is 5.26 Å². The summed E-state index contributed by atoms with van der Waals surface area (Å²) < 4.78 is 27.4. The maximum atomic E-state index is 12.1. The predicted octanol–water partition coefficient (Wildman–Crippen LogP) is 1.81. The van der Waals surface area contributed by atoms with Gasteiger partial charge in [0.25, 0.3) is 0 Å². The van der Waals surface area contributed by atoms with Crippen LogP contribution in [0.5, 0.6) is 0 Å². The van der Waals surface area contributed by atoms with Gasteiger partial charge in [-0.2, -0.15) is 5.26 Å². The number of halogens is 1. The lowest BCUT2D eigenvalue weighted by Crippen LogP contribution is -2.36. The molecule has 96 valence electrons. The molecule has 1 fully saturated rings. The number of pyridine rings is 1. The summed E-state index contributed by atoms with van der Waals surface area (Å²) in [5.74, 6) is -0.236. The highest BCUT2D eigenvalue weighted by Crippen LogP contribution is 2.26. The molecule has 2 rings (SSSR count). The van der Waals surface area contributed by atoms with Crippen molar-refractivity contribution in [3.8, 4) is 6.07 Å². The zero-order valence-corrected chi connectivity index (χ0v) is 11.9. The van der Waals surface area contributed by atoms with Crippen molar-refractivity contribution in [3.05, 3.63) is 22.9 Å². The molecule has 1 aromatic heterocycles. The van der Waals surface area contributed by atoms with Crippen LogP contribution in [0.2, 0.25) is 0 Å². The van der Waals surface area contributed by atoms with Gasteiger partial charge in [-0.15, -0.1) is 0 Å². The van der Waals surface area contributed by atoms with Crippen molar-refractivity contribution >= 4 is 26.0 Å². The minimum absolute atomic E-state index is 0.112. The topological polar surface area (TPSA) is 82.9 Å². The van der Waals surface area contributed by atoms with E-state index in [-0.39, 0.29) is 16.9 Å². The Morgan fingerprint density at radius 2 is 2.22 bits per heavy atom. The van der Waals surface area contributed by atoms with Gasteiger partial charge in [0.15, 0.2) is 0 Å². The highest BCUT2D eigenvalue weighted by atomic mass is 79.9. The third kappa shape index (κ3) is 2.88. The highest BCUT2D eigenvalue weighted by Gasteiger charge is 2.31. The maximum Gasteiger partial charge on any atom is 0.242 e. The van der Waals surface area contributed by atoms with Crippen LogP contribution in [0.3, 0.4) is 0 Å². The fourth-order valence-corrected chi connectivity index (χ4v) is 3.88. The predicted molar refractivity (Wildman–Crippen MR) is 69.0 cm³/mol. The maximum absolute atomic E-state index is 12.1. The van der Waals surface area contributed by atoms with Gasteiger partial charge in [-0.05, 0) is 34.8 Å². The van der Waals surface area contributed by atoms with Crippen molar-refractivity contribution in [1.29, 1.82) is 5.26 Å². The molecular formula is C11H12BrN3O2S. The lowest BCUT2D eigenvalue weighted by Gasteiger charge is -2.15. The van der Waals surface area contributed by atoms with Gasteiger partial charge in [0.2, 0.25) is 10.0 Å². The summed E-state index contributed by atoms with van der Waals surface area (Å²) in [5.41, 5.74) is 0. The van der Waals surface area contributed by atoms with E-state index in [0.29, 0.717) is 10.9 Å². The van der Waals surface area contributed by atoms with Crippen molar-refractivity contribution in [2.24, 2.45) is 5.92 Å². The quantitative estimate of drug-likeness (QED) is 0.916. The van der Waals surface area contributed by atoms with Crippen LogP contribution >= 0.6 is 15.9 Å². The van der Waals surface area contributed by atoms with E-state index in [1.165, 1.54) is 18.5 Å². The van der Waals surface area contributed by atoms with Gasteiger partial charge in [-0.1, -0.05) is 6.42 Å².